The molecule has 2 aromatic carbocycles. The summed E-state index contributed by atoms with van der Waals surface area (Å²) in [6, 6.07) is 12.7. The van der Waals surface area contributed by atoms with Crippen LogP contribution < -0.4 is 25.9 Å². The van der Waals surface area contributed by atoms with E-state index in [1.165, 1.54) is 29.9 Å². The molecule has 0 amide bonds. The first-order chi connectivity index (χ1) is 15.7. The molecule has 4 rings (SSSR count). The lowest BCUT2D eigenvalue weighted by Gasteiger charge is -2.14. The quantitative estimate of drug-likeness (QED) is 0.490. The van der Waals surface area contributed by atoms with E-state index in [1.807, 2.05) is 0 Å². The zero-order valence-corrected chi connectivity index (χ0v) is 17.4. The van der Waals surface area contributed by atoms with Gasteiger partial charge >= 0.3 is 6.36 Å². The molecule has 0 aliphatic rings. The van der Waals surface area contributed by atoms with Crippen molar-refractivity contribution in [1.82, 2.24) is 14.3 Å². The van der Waals surface area contributed by atoms with Gasteiger partial charge in [0, 0.05) is 18.6 Å². The van der Waals surface area contributed by atoms with Gasteiger partial charge in [0.05, 0.1) is 18.2 Å². The third kappa shape index (κ3) is 4.52. The highest BCUT2D eigenvalue weighted by Gasteiger charge is 2.31. The van der Waals surface area contributed by atoms with Crippen molar-refractivity contribution in [3.05, 3.63) is 81.5 Å². The smallest absolute Gasteiger partial charge is 0.497 e. The van der Waals surface area contributed by atoms with Crippen molar-refractivity contribution in [2.24, 2.45) is 7.05 Å². The summed E-state index contributed by atoms with van der Waals surface area (Å²) in [7, 11) is 3.04. The van der Waals surface area contributed by atoms with Gasteiger partial charge in [0.25, 0.3) is 11.1 Å². The van der Waals surface area contributed by atoms with Gasteiger partial charge < -0.3 is 19.4 Å². The summed E-state index contributed by atoms with van der Waals surface area (Å²) in [6.45, 7) is 0. The van der Waals surface area contributed by atoms with E-state index in [0.717, 1.165) is 16.8 Å². The minimum Gasteiger partial charge on any atom is -0.497 e. The molecular weight excluding hydrogens is 441 g/mol. The molecule has 0 aliphatic carbocycles. The molecule has 0 bridgehead atoms. The number of hydrogen-bond acceptors (Lipinski definition) is 6. The van der Waals surface area contributed by atoms with Crippen molar-refractivity contribution in [2.75, 3.05) is 12.4 Å². The molecule has 1 N–H and O–H groups in total. The number of alkyl halides is 3. The summed E-state index contributed by atoms with van der Waals surface area (Å²) < 4.78 is 48.9. The number of fused-ring (bicyclic) bond motifs is 1. The summed E-state index contributed by atoms with van der Waals surface area (Å²) in [5.74, 6) is 0.187. The number of ether oxygens (including phenoxy) is 2. The Labute approximate surface area is 184 Å². The zero-order valence-electron chi connectivity index (χ0n) is 17.4. The van der Waals surface area contributed by atoms with Crippen LogP contribution in [0.1, 0.15) is 0 Å². The van der Waals surface area contributed by atoms with Crippen LogP contribution >= 0.6 is 0 Å². The Kier molecular flexibility index (Phi) is 5.54. The fourth-order valence-corrected chi connectivity index (χ4v) is 3.22. The van der Waals surface area contributed by atoms with Crippen LogP contribution in [-0.4, -0.2) is 27.8 Å². The molecule has 2 heterocycles. The maximum absolute atomic E-state index is 13.2. The number of nitrogens with one attached hydrogen (secondary N) is 1. The number of benzene rings is 2. The maximum Gasteiger partial charge on any atom is 0.573 e. The van der Waals surface area contributed by atoms with Gasteiger partial charge in [0.1, 0.15) is 17.2 Å². The minimum absolute atomic E-state index is 0.197. The number of anilines is 2. The standard InChI is InChI=1S/C22H17F3N4O4/c1-28-11-3-4-18(21(28)31)26-19-16-10-9-15(32-2)12-17(16)20(30)29(27-19)13-5-7-14(8-6-13)33-22(23,24)25/h3-12H,1-2H3,(H,26,27). The molecule has 0 radical (unpaired) electrons. The molecule has 0 unspecified atom stereocenters. The fourth-order valence-electron chi connectivity index (χ4n) is 3.22. The van der Waals surface area contributed by atoms with Crippen molar-refractivity contribution < 1.29 is 22.6 Å². The lowest BCUT2D eigenvalue weighted by Crippen LogP contribution is -2.24. The largest absolute Gasteiger partial charge is 0.573 e. The molecule has 0 saturated heterocycles. The van der Waals surface area contributed by atoms with E-state index in [-0.39, 0.29) is 28.1 Å². The number of nitrogens with zero attached hydrogens (tertiary/aromatic N) is 3. The number of halogens is 3. The molecule has 0 atom stereocenters. The summed E-state index contributed by atoms with van der Waals surface area (Å²) >= 11 is 0. The average Bonchev–Trinajstić information content (AvgIpc) is 2.78. The van der Waals surface area contributed by atoms with E-state index in [1.54, 1.807) is 37.5 Å². The van der Waals surface area contributed by atoms with E-state index >= 15 is 0 Å². The highest BCUT2D eigenvalue weighted by atomic mass is 19.4. The predicted octanol–water partition coefficient (Wildman–Crippen LogP) is 3.74. The predicted molar refractivity (Wildman–Crippen MR) is 116 cm³/mol. The summed E-state index contributed by atoms with van der Waals surface area (Å²) in [4.78, 5) is 25.6. The second kappa shape index (κ2) is 8.34. The van der Waals surface area contributed by atoms with Crippen molar-refractivity contribution in [2.45, 2.75) is 6.36 Å². The zero-order chi connectivity index (χ0) is 23.8. The van der Waals surface area contributed by atoms with Gasteiger partial charge in [-0.3, -0.25) is 9.59 Å². The van der Waals surface area contributed by atoms with E-state index < -0.39 is 17.7 Å². The van der Waals surface area contributed by atoms with Crippen LogP contribution in [0.15, 0.2) is 70.4 Å². The van der Waals surface area contributed by atoms with Crippen LogP contribution in [0.2, 0.25) is 0 Å². The Bertz CT molecular complexity index is 1440. The highest BCUT2D eigenvalue weighted by Crippen LogP contribution is 2.27. The molecule has 0 fully saturated rings. The Balaban J connectivity index is 1.88. The number of hydrogen-bond donors (Lipinski definition) is 1. The van der Waals surface area contributed by atoms with Gasteiger partial charge in [-0.15, -0.1) is 18.3 Å². The molecule has 0 spiro atoms. The lowest BCUT2D eigenvalue weighted by molar-refractivity contribution is -0.274. The Morgan fingerprint density at radius 3 is 2.30 bits per heavy atom. The Hall–Kier alpha value is -4.28. The van der Waals surface area contributed by atoms with Crippen molar-refractivity contribution in [1.29, 1.82) is 0 Å². The highest BCUT2D eigenvalue weighted by molar-refractivity contribution is 5.93. The van der Waals surface area contributed by atoms with Crippen LogP contribution in [0, 0.1) is 0 Å². The minimum atomic E-state index is -4.84. The van der Waals surface area contributed by atoms with Gasteiger partial charge in [-0.05, 0) is 54.6 Å². The van der Waals surface area contributed by atoms with E-state index in [4.69, 9.17) is 4.74 Å². The first-order valence-corrected chi connectivity index (χ1v) is 9.56. The molecule has 0 aliphatic heterocycles. The SMILES string of the molecule is COc1ccc2c(Nc3cccn(C)c3=O)nn(-c3ccc(OC(F)(F)F)cc3)c(=O)c2c1. The van der Waals surface area contributed by atoms with E-state index in [0.29, 0.717) is 11.1 Å². The van der Waals surface area contributed by atoms with Crippen molar-refractivity contribution in [3.8, 4) is 17.2 Å². The topological polar surface area (TPSA) is 87.4 Å². The van der Waals surface area contributed by atoms with E-state index in [9.17, 15) is 22.8 Å². The first-order valence-electron chi connectivity index (χ1n) is 9.56. The summed E-state index contributed by atoms with van der Waals surface area (Å²) in [5, 5.41) is 7.95. The third-order valence-corrected chi connectivity index (χ3v) is 4.80. The normalized spacial score (nSPS) is 11.4. The third-order valence-electron chi connectivity index (χ3n) is 4.80. The average molecular weight is 458 g/mol. The molecular formula is C22H17F3N4O4. The van der Waals surface area contributed by atoms with Crippen LogP contribution in [0.3, 0.4) is 0 Å². The first kappa shape index (κ1) is 21.9. The maximum atomic E-state index is 13.2. The molecule has 33 heavy (non-hydrogen) atoms. The monoisotopic (exact) mass is 458 g/mol. The molecule has 0 saturated carbocycles. The Morgan fingerprint density at radius 2 is 1.64 bits per heavy atom. The molecule has 4 aromatic rings. The van der Waals surface area contributed by atoms with Gasteiger partial charge in [-0.2, -0.15) is 4.68 Å². The second-order valence-corrected chi connectivity index (χ2v) is 6.98. The van der Waals surface area contributed by atoms with Crippen LogP contribution in [0.5, 0.6) is 11.5 Å². The summed E-state index contributed by atoms with van der Waals surface area (Å²) in [6.07, 6.45) is -3.25. The number of methoxy groups -OCH3 is 1. The number of aromatic nitrogens is 3. The van der Waals surface area contributed by atoms with Crippen molar-refractivity contribution in [3.63, 3.8) is 0 Å². The second-order valence-electron chi connectivity index (χ2n) is 6.98. The van der Waals surface area contributed by atoms with Crippen molar-refractivity contribution >= 4 is 22.3 Å². The fraction of sp³-hybridized carbons (Fsp3) is 0.136. The van der Waals surface area contributed by atoms with Gasteiger partial charge in [-0.25, -0.2) is 0 Å². The Morgan fingerprint density at radius 1 is 0.939 bits per heavy atom. The van der Waals surface area contributed by atoms with Crippen LogP contribution in [-0.2, 0) is 7.05 Å². The molecule has 2 aromatic heterocycles. The lowest BCUT2D eigenvalue weighted by atomic mass is 10.1. The number of pyridine rings is 1. The van der Waals surface area contributed by atoms with Crippen LogP contribution in [0.25, 0.3) is 16.5 Å². The molecule has 170 valence electrons. The number of rotatable bonds is 5. The number of aryl methyl sites for hydroxylation is 1. The van der Waals surface area contributed by atoms with Gasteiger partial charge in [0.15, 0.2) is 5.82 Å². The van der Waals surface area contributed by atoms with Gasteiger partial charge in [0.2, 0.25) is 0 Å². The molecule has 11 heteroatoms. The van der Waals surface area contributed by atoms with Crippen LogP contribution in [0.4, 0.5) is 24.7 Å². The molecule has 8 nitrogen and oxygen atoms in total. The van der Waals surface area contributed by atoms with Gasteiger partial charge in [-0.1, -0.05) is 0 Å². The van der Waals surface area contributed by atoms with E-state index in [2.05, 4.69) is 15.2 Å². The summed E-state index contributed by atoms with van der Waals surface area (Å²) in [5.41, 5.74) is -0.417.